The monoisotopic (exact) mass is 315 g/mol. The van der Waals surface area contributed by atoms with Crippen molar-refractivity contribution in [2.45, 2.75) is 38.5 Å². The van der Waals surface area contributed by atoms with Crippen LogP contribution in [0.15, 0.2) is 24.8 Å². The van der Waals surface area contributed by atoms with Gasteiger partial charge in [-0.2, -0.15) is 0 Å². The van der Waals surface area contributed by atoms with Gasteiger partial charge in [-0.3, -0.25) is 19.0 Å². The number of rotatable bonds is 6. The van der Waals surface area contributed by atoms with E-state index in [0.29, 0.717) is 23.8 Å². The van der Waals surface area contributed by atoms with Gasteiger partial charge in [-0.1, -0.05) is 25.7 Å². The van der Waals surface area contributed by atoms with Crippen LogP contribution in [-0.4, -0.2) is 32.7 Å². The smallest absolute Gasteiger partial charge is 0.244 e. The molecule has 2 heterocycles. The number of amides is 2. The van der Waals surface area contributed by atoms with Crippen molar-refractivity contribution in [1.29, 1.82) is 0 Å². The summed E-state index contributed by atoms with van der Waals surface area (Å²) < 4.78 is 1.73. The van der Waals surface area contributed by atoms with Gasteiger partial charge in [-0.05, 0) is 12.3 Å². The van der Waals surface area contributed by atoms with Gasteiger partial charge < -0.3 is 10.6 Å². The lowest BCUT2D eigenvalue weighted by Crippen LogP contribution is -2.33. The number of carbonyl (C=O) groups excluding carboxylic acids is 2. The molecule has 0 radical (unpaired) electrons. The first kappa shape index (κ1) is 15.5. The van der Waals surface area contributed by atoms with E-state index >= 15 is 0 Å². The maximum atomic E-state index is 11.9. The first-order chi connectivity index (χ1) is 11.2. The molecule has 23 heavy (non-hydrogen) atoms. The van der Waals surface area contributed by atoms with Crippen LogP contribution in [0, 0.1) is 5.92 Å². The summed E-state index contributed by atoms with van der Waals surface area (Å²) in [6.07, 6.45) is 13.0. The van der Waals surface area contributed by atoms with Gasteiger partial charge in [0.2, 0.25) is 11.8 Å². The van der Waals surface area contributed by atoms with E-state index in [1.807, 2.05) is 0 Å². The van der Waals surface area contributed by atoms with Crippen LogP contribution in [0.3, 0.4) is 0 Å². The molecule has 0 unspecified atom stereocenters. The summed E-state index contributed by atoms with van der Waals surface area (Å²) in [6.45, 7) is -0.0260. The van der Waals surface area contributed by atoms with Crippen LogP contribution in [0.5, 0.6) is 0 Å². The van der Waals surface area contributed by atoms with Crippen molar-refractivity contribution in [2.24, 2.45) is 5.92 Å². The van der Waals surface area contributed by atoms with Crippen LogP contribution in [-0.2, 0) is 9.59 Å². The molecule has 1 aliphatic rings. The molecule has 122 valence electrons. The lowest BCUT2D eigenvalue weighted by molar-refractivity contribution is -0.124. The van der Waals surface area contributed by atoms with Gasteiger partial charge >= 0.3 is 0 Å². The minimum Gasteiger partial charge on any atom is -0.347 e. The SMILES string of the molecule is O=C(CCC1CCCC1)NCC(=O)Nc1cnc2cnccn12. The quantitative estimate of drug-likeness (QED) is 0.850. The third-order valence-electron chi connectivity index (χ3n) is 4.29. The molecule has 0 aliphatic heterocycles. The fraction of sp³-hybridized carbons (Fsp3) is 0.500. The van der Waals surface area contributed by atoms with Crippen molar-refractivity contribution >= 4 is 23.3 Å². The van der Waals surface area contributed by atoms with Crippen molar-refractivity contribution in [3.63, 3.8) is 0 Å². The zero-order valence-electron chi connectivity index (χ0n) is 13.0. The fourth-order valence-corrected chi connectivity index (χ4v) is 3.02. The molecular formula is C16H21N5O2. The average Bonchev–Trinajstić information content (AvgIpc) is 3.21. The summed E-state index contributed by atoms with van der Waals surface area (Å²) in [5.74, 6) is 0.918. The molecule has 0 spiro atoms. The van der Waals surface area contributed by atoms with Crippen LogP contribution in [0.25, 0.3) is 5.65 Å². The van der Waals surface area contributed by atoms with E-state index in [9.17, 15) is 9.59 Å². The van der Waals surface area contributed by atoms with Crippen molar-refractivity contribution in [2.75, 3.05) is 11.9 Å². The van der Waals surface area contributed by atoms with E-state index in [2.05, 4.69) is 20.6 Å². The highest BCUT2D eigenvalue weighted by Crippen LogP contribution is 2.28. The molecule has 2 aromatic heterocycles. The van der Waals surface area contributed by atoms with Crippen LogP contribution in [0.1, 0.15) is 38.5 Å². The third kappa shape index (κ3) is 4.06. The van der Waals surface area contributed by atoms with E-state index in [-0.39, 0.29) is 18.4 Å². The second-order valence-corrected chi connectivity index (χ2v) is 5.96. The largest absolute Gasteiger partial charge is 0.347 e. The second-order valence-electron chi connectivity index (χ2n) is 5.96. The Bertz CT molecular complexity index is 691. The van der Waals surface area contributed by atoms with E-state index < -0.39 is 0 Å². The van der Waals surface area contributed by atoms with Crippen LogP contribution < -0.4 is 10.6 Å². The summed E-state index contributed by atoms with van der Waals surface area (Å²) >= 11 is 0. The Labute approximate surface area is 134 Å². The van der Waals surface area contributed by atoms with Crippen LogP contribution in [0.2, 0.25) is 0 Å². The van der Waals surface area contributed by atoms with Crippen LogP contribution in [0.4, 0.5) is 5.82 Å². The molecule has 2 amide bonds. The summed E-state index contributed by atoms with van der Waals surface area (Å²) in [7, 11) is 0. The normalized spacial score (nSPS) is 15.0. The molecule has 1 aliphatic carbocycles. The Hall–Kier alpha value is -2.44. The van der Waals surface area contributed by atoms with Gasteiger partial charge in [-0.15, -0.1) is 0 Å². The van der Waals surface area contributed by atoms with Crippen molar-refractivity contribution in [3.8, 4) is 0 Å². The molecule has 3 rings (SSSR count). The van der Waals surface area contributed by atoms with Crippen LogP contribution >= 0.6 is 0 Å². The predicted molar refractivity (Wildman–Crippen MR) is 85.8 cm³/mol. The topological polar surface area (TPSA) is 88.4 Å². The number of hydrogen-bond acceptors (Lipinski definition) is 4. The first-order valence-electron chi connectivity index (χ1n) is 8.06. The predicted octanol–water partition coefficient (Wildman–Crippen LogP) is 1.75. The Balaban J connectivity index is 1.43. The number of anilines is 1. The Morgan fingerprint density at radius 1 is 1.22 bits per heavy atom. The minimum absolute atomic E-state index is 0.0260. The number of carbonyl (C=O) groups is 2. The number of hydrogen-bond donors (Lipinski definition) is 2. The molecule has 7 nitrogen and oxygen atoms in total. The third-order valence-corrected chi connectivity index (χ3v) is 4.29. The molecule has 2 aromatic rings. The number of aromatic nitrogens is 3. The van der Waals surface area contributed by atoms with E-state index in [4.69, 9.17) is 0 Å². The van der Waals surface area contributed by atoms with Crippen molar-refractivity contribution in [3.05, 3.63) is 24.8 Å². The summed E-state index contributed by atoms with van der Waals surface area (Å²) in [5, 5.41) is 5.41. The lowest BCUT2D eigenvalue weighted by atomic mass is 10.0. The fourth-order valence-electron chi connectivity index (χ4n) is 3.02. The van der Waals surface area contributed by atoms with E-state index in [1.54, 1.807) is 29.2 Å². The average molecular weight is 315 g/mol. The maximum absolute atomic E-state index is 11.9. The van der Waals surface area contributed by atoms with Gasteiger partial charge in [0.05, 0.1) is 18.9 Å². The highest BCUT2D eigenvalue weighted by Gasteiger charge is 2.16. The molecular weight excluding hydrogens is 294 g/mol. The number of nitrogens with one attached hydrogen (secondary N) is 2. The maximum Gasteiger partial charge on any atom is 0.244 e. The molecule has 0 atom stereocenters. The summed E-state index contributed by atoms with van der Waals surface area (Å²) in [4.78, 5) is 31.8. The Kier molecular flexibility index (Phi) is 4.85. The Morgan fingerprint density at radius 2 is 2.04 bits per heavy atom. The van der Waals surface area contributed by atoms with E-state index in [1.165, 1.54) is 25.7 Å². The molecule has 0 aromatic carbocycles. The number of imidazole rings is 1. The van der Waals surface area contributed by atoms with Gasteiger partial charge in [0.1, 0.15) is 5.82 Å². The molecule has 2 N–H and O–H groups in total. The van der Waals surface area contributed by atoms with Gasteiger partial charge in [0.25, 0.3) is 0 Å². The minimum atomic E-state index is -0.266. The molecule has 1 saturated carbocycles. The molecule has 1 fully saturated rings. The van der Waals surface area contributed by atoms with E-state index in [0.717, 1.165) is 6.42 Å². The van der Waals surface area contributed by atoms with Gasteiger partial charge in [-0.25, -0.2) is 4.98 Å². The number of fused-ring (bicyclic) bond motifs is 1. The zero-order valence-corrected chi connectivity index (χ0v) is 13.0. The van der Waals surface area contributed by atoms with Crippen molar-refractivity contribution in [1.82, 2.24) is 19.7 Å². The summed E-state index contributed by atoms with van der Waals surface area (Å²) in [5.41, 5.74) is 0.656. The standard InChI is InChI=1S/C16H21N5O2/c22-15(6-5-12-3-1-2-4-12)19-11-16(23)20-14-10-18-13-9-17-7-8-21(13)14/h7-10,12H,1-6,11H2,(H,19,22)(H,20,23). The summed E-state index contributed by atoms with van der Waals surface area (Å²) in [6, 6.07) is 0. The second kappa shape index (κ2) is 7.21. The van der Waals surface area contributed by atoms with Crippen molar-refractivity contribution < 1.29 is 9.59 Å². The first-order valence-corrected chi connectivity index (χ1v) is 8.06. The molecule has 0 saturated heterocycles. The molecule has 7 heteroatoms. The van der Waals surface area contributed by atoms with Gasteiger partial charge in [0.15, 0.2) is 5.65 Å². The highest BCUT2D eigenvalue weighted by molar-refractivity contribution is 5.94. The molecule has 0 bridgehead atoms. The lowest BCUT2D eigenvalue weighted by Gasteiger charge is -2.09. The number of nitrogens with zero attached hydrogens (tertiary/aromatic N) is 3. The van der Waals surface area contributed by atoms with Gasteiger partial charge in [0, 0.05) is 18.8 Å². The Morgan fingerprint density at radius 3 is 2.87 bits per heavy atom. The highest BCUT2D eigenvalue weighted by atomic mass is 16.2. The zero-order chi connectivity index (χ0) is 16.1.